The van der Waals surface area contributed by atoms with E-state index in [1.54, 1.807) is 18.5 Å². The number of aliphatic hydroxyl groups is 1. The molecule has 1 N–H and O–H groups in total. The van der Waals surface area contributed by atoms with Gasteiger partial charge in [-0.2, -0.15) is 5.10 Å². The van der Waals surface area contributed by atoms with Gasteiger partial charge < -0.3 is 5.11 Å². The van der Waals surface area contributed by atoms with Crippen molar-refractivity contribution in [2.75, 3.05) is 0 Å². The van der Waals surface area contributed by atoms with Crippen molar-refractivity contribution in [2.45, 2.75) is 19.4 Å². The predicted molar refractivity (Wildman–Crippen MR) is 63.9 cm³/mol. The maximum Gasteiger partial charge on any atom is 0.101 e. The first-order valence-electron chi connectivity index (χ1n) is 5.31. The molecule has 0 radical (unpaired) electrons. The summed E-state index contributed by atoms with van der Waals surface area (Å²) >= 11 is 0. The van der Waals surface area contributed by atoms with Crippen LogP contribution in [-0.2, 0) is 12.6 Å². The summed E-state index contributed by atoms with van der Waals surface area (Å²) in [6.07, 6.45) is 0. The molecule has 0 aliphatic carbocycles. The van der Waals surface area contributed by atoms with Gasteiger partial charge in [0, 0.05) is 12.6 Å². The van der Waals surface area contributed by atoms with Gasteiger partial charge in [0.2, 0.25) is 0 Å². The summed E-state index contributed by atoms with van der Waals surface area (Å²) in [5, 5.41) is 14.4. The molecule has 0 aliphatic heterocycles. The zero-order chi connectivity index (χ0) is 11.8. The molecule has 2 aromatic rings. The molecule has 1 aromatic heterocycles. The van der Waals surface area contributed by atoms with E-state index in [1.165, 1.54) is 0 Å². The molecule has 3 heteroatoms. The summed E-state index contributed by atoms with van der Waals surface area (Å²) in [6, 6.07) is 11.9. The Balaban J connectivity index is 2.47. The Morgan fingerprint density at radius 3 is 2.31 bits per heavy atom. The van der Waals surface area contributed by atoms with E-state index in [0.29, 0.717) is 0 Å². The normalized spacial score (nSPS) is 11.8. The van der Waals surface area contributed by atoms with E-state index in [1.807, 2.05) is 43.4 Å². The average molecular weight is 216 g/mol. The lowest BCUT2D eigenvalue weighted by Crippen LogP contribution is -2.19. The first kappa shape index (κ1) is 10.9. The van der Waals surface area contributed by atoms with Gasteiger partial charge in [-0.3, -0.25) is 4.68 Å². The first-order chi connectivity index (χ1) is 7.48. The number of nitrogens with zero attached hydrogens (tertiary/aromatic N) is 2. The standard InChI is InChI=1S/C13H16N2O/c1-13(2,16)12-9-11(14-15(12)3)10-7-5-4-6-8-10/h4-9,16H,1-3H3. The van der Waals surface area contributed by atoms with Crippen molar-refractivity contribution in [1.82, 2.24) is 9.78 Å². The Kier molecular flexibility index (Phi) is 2.56. The highest BCUT2D eigenvalue weighted by Gasteiger charge is 2.21. The SMILES string of the molecule is Cn1nc(-c2ccccc2)cc1C(C)(C)O. The van der Waals surface area contributed by atoms with Crippen LogP contribution in [0.4, 0.5) is 0 Å². The smallest absolute Gasteiger partial charge is 0.101 e. The number of aromatic nitrogens is 2. The molecule has 0 fully saturated rings. The number of rotatable bonds is 2. The van der Waals surface area contributed by atoms with Gasteiger partial charge in [-0.1, -0.05) is 30.3 Å². The molecule has 0 saturated carbocycles. The molecule has 0 aliphatic rings. The van der Waals surface area contributed by atoms with Gasteiger partial charge in [-0.15, -0.1) is 0 Å². The van der Waals surface area contributed by atoms with Crippen molar-refractivity contribution in [3.8, 4) is 11.3 Å². The molecule has 0 spiro atoms. The minimum atomic E-state index is -0.866. The summed E-state index contributed by atoms with van der Waals surface area (Å²) < 4.78 is 1.72. The molecule has 3 nitrogen and oxygen atoms in total. The molecular weight excluding hydrogens is 200 g/mol. The van der Waals surface area contributed by atoms with Crippen LogP contribution in [-0.4, -0.2) is 14.9 Å². The van der Waals surface area contributed by atoms with E-state index >= 15 is 0 Å². The van der Waals surface area contributed by atoms with E-state index in [-0.39, 0.29) is 0 Å². The second-order valence-electron chi connectivity index (χ2n) is 4.46. The van der Waals surface area contributed by atoms with Crippen molar-refractivity contribution >= 4 is 0 Å². The fourth-order valence-corrected chi connectivity index (χ4v) is 1.79. The zero-order valence-corrected chi connectivity index (χ0v) is 9.81. The Hall–Kier alpha value is -1.61. The fraction of sp³-hybridized carbons (Fsp3) is 0.308. The molecule has 0 bridgehead atoms. The van der Waals surface area contributed by atoms with Crippen molar-refractivity contribution in [2.24, 2.45) is 7.05 Å². The number of benzene rings is 1. The van der Waals surface area contributed by atoms with Gasteiger partial charge in [0.05, 0.1) is 11.4 Å². The second kappa shape index (κ2) is 3.76. The third-order valence-electron chi connectivity index (χ3n) is 2.58. The van der Waals surface area contributed by atoms with Crippen LogP contribution in [0.25, 0.3) is 11.3 Å². The van der Waals surface area contributed by atoms with E-state index in [0.717, 1.165) is 17.0 Å². The molecular formula is C13H16N2O. The summed E-state index contributed by atoms with van der Waals surface area (Å²) in [6.45, 7) is 3.53. The van der Waals surface area contributed by atoms with Crippen molar-refractivity contribution < 1.29 is 5.11 Å². The van der Waals surface area contributed by atoms with Crippen molar-refractivity contribution in [3.05, 3.63) is 42.1 Å². The van der Waals surface area contributed by atoms with Crippen LogP contribution in [0.15, 0.2) is 36.4 Å². The number of hydrogen-bond donors (Lipinski definition) is 1. The summed E-state index contributed by atoms with van der Waals surface area (Å²) in [5.41, 5.74) is 1.90. The third-order valence-corrected chi connectivity index (χ3v) is 2.58. The molecule has 1 heterocycles. The minimum Gasteiger partial charge on any atom is -0.384 e. The quantitative estimate of drug-likeness (QED) is 0.836. The summed E-state index contributed by atoms with van der Waals surface area (Å²) in [5.74, 6) is 0. The Labute approximate surface area is 95.3 Å². The van der Waals surface area contributed by atoms with Crippen LogP contribution in [0.2, 0.25) is 0 Å². The fourth-order valence-electron chi connectivity index (χ4n) is 1.79. The van der Waals surface area contributed by atoms with E-state index in [4.69, 9.17) is 0 Å². The lowest BCUT2D eigenvalue weighted by Gasteiger charge is -2.16. The Morgan fingerprint density at radius 2 is 1.81 bits per heavy atom. The van der Waals surface area contributed by atoms with E-state index in [2.05, 4.69) is 5.10 Å². The number of aryl methyl sites for hydroxylation is 1. The highest BCUT2D eigenvalue weighted by atomic mass is 16.3. The maximum absolute atomic E-state index is 9.97. The number of hydrogen-bond acceptors (Lipinski definition) is 2. The lowest BCUT2D eigenvalue weighted by molar-refractivity contribution is 0.0696. The molecule has 16 heavy (non-hydrogen) atoms. The van der Waals surface area contributed by atoms with Crippen molar-refractivity contribution in [1.29, 1.82) is 0 Å². The van der Waals surface area contributed by atoms with Crippen LogP contribution >= 0.6 is 0 Å². The predicted octanol–water partition coefficient (Wildman–Crippen LogP) is 2.31. The topological polar surface area (TPSA) is 38.0 Å². The van der Waals surface area contributed by atoms with Gasteiger partial charge in [-0.25, -0.2) is 0 Å². The Morgan fingerprint density at radius 1 is 1.19 bits per heavy atom. The van der Waals surface area contributed by atoms with Gasteiger partial charge in [0.1, 0.15) is 5.60 Å². The molecule has 84 valence electrons. The van der Waals surface area contributed by atoms with Gasteiger partial charge in [-0.05, 0) is 19.9 Å². The first-order valence-corrected chi connectivity index (χ1v) is 5.31. The second-order valence-corrected chi connectivity index (χ2v) is 4.46. The van der Waals surface area contributed by atoms with Crippen molar-refractivity contribution in [3.63, 3.8) is 0 Å². The molecule has 2 rings (SSSR count). The third kappa shape index (κ3) is 1.99. The zero-order valence-electron chi connectivity index (χ0n) is 9.81. The van der Waals surface area contributed by atoms with Crippen LogP contribution in [0, 0.1) is 0 Å². The molecule has 1 aromatic carbocycles. The highest BCUT2D eigenvalue weighted by molar-refractivity contribution is 5.59. The van der Waals surface area contributed by atoms with Crippen LogP contribution < -0.4 is 0 Å². The molecule has 0 amide bonds. The van der Waals surface area contributed by atoms with Crippen LogP contribution in [0.1, 0.15) is 19.5 Å². The monoisotopic (exact) mass is 216 g/mol. The highest BCUT2D eigenvalue weighted by Crippen LogP contribution is 2.24. The maximum atomic E-state index is 9.97. The summed E-state index contributed by atoms with van der Waals surface area (Å²) in [4.78, 5) is 0. The Bertz CT molecular complexity index is 480. The molecule has 0 atom stereocenters. The van der Waals surface area contributed by atoms with E-state index in [9.17, 15) is 5.11 Å². The van der Waals surface area contributed by atoms with Gasteiger partial charge in [0.25, 0.3) is 0 Å². The van der Waals surface area contributed by atoms with Gasteiger partial charge in [0.15, 0.2) is 0 Å². The van der Waals surface area contributed by atoms with Crippen LogP contribution in [0.3, 0.4) is 0 Å². The lowest BCUT2D eigenvalue weighted by atomic mass is 10.0. The van der Waals surface area contributed by atoms with Gasteiger partial charge >= 0.3 is 0 Å². The average Bonchev–Trinajstić information content (AvgIpc) is 2.61. The molecule has 0 unspecified atom stereocenters. The summed E-state index contributed by atoms with van der Waals surface area (Å²) in [7, 11) is 1.85. The minimum absolute atomic E-state index is 0.811. The molecule has 0 saturated heterocycles. The van der Waals surface area contributed by atoms with E-state index < -0.39 is 5.60 Å². The van der Waals surface area contributed by atoms with Crippen LogP contribution in [0.5, 0.6) is 0 Å². The largest absolute Gasteiger partial charge is 0.384 e.